The van der Waals surface area contributed by atoms with Crippen molar-refractivity contribution >= 4 is 11.0 Å². The van der Waals surface area contributed by atoms with Crippen molar-refractivity contribution in [2.75, 3.05) is 13.2 Å². The van der Waals surface area contributed by atoms with Crippen molar-refractivity contribution < 1.29 is 9.47 Å². The molecule has 0 saturated carbocycles. The summed E-state index contributed by atoms with van der Waals surface area (Å²) in [4.78, 5) is 6.96. The number of hydrogen-bond acceptors (Lipinski definition) is 3. The van der Waals surface area contributed by atoms with E-state index in [0.717, 1.165) is 22.5 Å². The Morgan fingerprint density at radius 3 is 2.53 bits per heavy atom. The molecule has 0 saturated heterocycles. The van der Waals surface area contributed by atoms with Crippen LogP contribution >= 0.6 is 0 Å². The maximum Gasteiger partial charge on any atom is 0.174 e. The fourth-order valence-corrected chi connectivity index (χ4v) is 1.43. The lowest BCUT2D eigenvalue weighted by atomic mass is 10.2. The van der Waals surface area contributed by atoms with Gasteiger partial charge in [-0.1, -0.05) is 0 Å². The molecule has 0 bridgehead atoms. The van der Waals surface area contributed by atoms with Crippen LogP contribution in [0.5, 0.6) is 11.5 Å². The van der Waals surface area contributed by atoms with Crippen molar-refractivity contribution in [3.63, 3.8) is 0 Å². The van der Waals surface area contributed by atoms with Crippen molar-refractivity contribution in [2.45, 2.75) is 13.8 Å². The van der Waals surface area contributed by atoms with E-state index in [1.807, 2.05) is 26.0 Å². The van der Waals surface area contributed by atoms with Crippen LogP contribution in [0.25, 0.3) is 11.0 Å². The van der Waals surface area contributed by atoms with Crippen LogP contribution in [-0.2, 0) is 0 Å². The number of H-pyrrole nitrogens is 1. The topological polar surface area (TPSA) is 47.1 Å². The third-order valence-electron chi connectivity index (χ3n) is 2.03. The van der Waals surface area contributed by atoms with Crippen molar-refractivity contribution in [1.82, 2.24) is 9.97 Å². The summed E-state index contributed by atoms with van der Waals surface area (Å²) in [6.45, 7) is 5.11. The van der Waals surface area contributed by atoms with E-state index in [0.29, 0.717) is 13.2 Å². The van der Waals surface area contributed by atoms with Crippen LogP contribution in [0, 0.1) is 6.33 Å². The first kappa shape index (κ1) is 9.83. The minimum atomic E-state index is 0.611. The van der Waals surface area contributed by atoms with Crippen LogP contribution in [-0.4, -0.2) is 23.2 Å². The van der Waals surface area contributed by atoms with Crippen molar-refractivity contribution in [3.05, 3.63) is 18.5 Å². The smallest absolute Gasteiger partial charge is 0.174 e. The summed E-state index contributed by atoms with van der Waals surface area (Å²) in [5, 5.41) is 0. The molecular formula is C11H13N2O2. The minimum absolute atomic E-state index is 0.611. The maximum absolute atomic E-state index is 5.48. The van der Waals surface area contributed by atoms with E-state index in [1.54, 1.807) is 0 Å². The molecule has 1 N–H and O–H groups in total. The highest BCUT2D eigenvalue weighted by molar-refractivity contribution is 5.79. The summed E-state index contributed by atoms with van der Waals surface area (Å²) < 4.78 is 11.0. The number of aromatic nitrogens is 2. The molecule has 2 rings (SSSR count). The largest absolute Gasteiger partial charge is 0.490 e. The number of benzene rings is 1. The number of hydrogen-bond donors (Lipinski definition) is 1. The Bertz CT molecular complexity index is 411. The van der Waals surface area contributed by atoms with Crippen molar-refractivity contribution in [2.24, 2.45) is 0 Å². The van der Waals surface area contributed by atoms with Gasteiger partial charge in [-0.05, 0) is 13.8 Å². The standard InChI is InChI=1S/C11H13N2O2/c1-3-14-10-5-8-9(13-7-12-8)6-11(10)15-4-2/h5-6H,3-4H2,1-2H3,(H,12,13). The van der Waals surface area contributed by atoms with Crippen LogP contribution < -0.4 is 9.47 Å². The van der Waals surface area contributed by atoms with E-state index in [-0.39, 0.29) is 0 Å². The van der Waals surface area contributed by atoms with Gasteiger partial charge in [0.1, 0.15) is 0 Å². The van der Waals surface area contributed by atoms with E-state index < -0.39 is 0 Å². The Morgan fingerprint density at radius 2 is 1.87 bits per heavy atom. The fraction of sp³-hybridized carbons (Fsp3) is 0.364. The molecule has 0 aliphatic heterocycles. The van der Waals surface area contributed by atoms with E-state index in [2.05, 4.69) is 16.3 Å². The van der Waals surface area contributed by atoms with Crippen molar-refractivity contribution in [1.29, 1.82) is 0 Å². The monoisotopic (exact) mass is 205 g/mol. The molecule has 0 spiro atoms. The number of aromatic amines is 1. The molecule has 1 aromatic heterocycles. The lowest BCUT2D eigenvalue weighted by Crippen LogP contribution is -1.98. The van der Waals surface area contributed by atoms with Crippen molar-refractivity contribution in [3.8, 4) is 11.5 Å². The zero-order valence-electron chi connectivity index (χ0n) is 8.83. The number of rotatable bonds is 4. The zero-order valence-corrected chi connectivity index (χ0v) is 8.83. The lowest BCUT2D eigenvalue weighted by Gasteiger charge is -2.10. The number of fused-ring (bicyclic) bond motifs is 1. The van der Waals surface area contributed by atoms with Gasteiger partial charge in [-0.25, -0.2) is 4.98 Å². The second-order valence-electron chi connectivity index (χ2n) is 3.03. The van der Waals surface area contributed by atoms with E-state index in [4.69, 9.17) is 9.47 Å². The highest BCUT2D eigenvalue weighted by atomic mass is 16.5. The molecule has 0 unspecified atom stereocenters. The van der Waals surface area contributed by atoms with Gasteiger partial charge in [0.15, 0.2) is 17.8 Å². The van der Waals surface area contributed by atoms with E-state index in [1.165, 1.54) is 0 Å². The van der Waals surface area contributed by atoms with Gasteiger partial charge < -0.3 is 14.5 Å². The molecule has 0 aliphatic rings. The second kappa shape index (κ2) is 4.21. The summed E-state index contributed by atoms with van der Waals surface area (Å²) >= 11 is 0. The number of nitrogens with one attached hydrogen (secondary N) is 1. The molecule has 1 aromatic carbocycles. The van der Waals surface area contributed by atoms with Gasteiger partial charge in [-0.2, -0.15) is 0 Å². The summed E-state index contributed by atoms with van der Waals surface area (Å²) in [7, 11) is 0. The average Bonchev–Trinajstić information content (AvgIpc) is 2.66. The van der Waals surface area contributed by atoms with Gasteiger partial charge in [-0.3, -0.25) is 0 Å². The minimum Gasteiger partial charge on any atom is -0.490 e. The van der Waals surface area contributed by atoms with E-state index >= 15 is 0 Å². The Hall–Kier alpha value is -1.71. The molecule has 79 valence electrons. The quantitative estimate of drug-likeness (QED) is 0.832. The predicted octanol–water partition coefficient (Wildman–Crippen LogP) is 2.16. The van der Waals surface area contributed by atoms with Crippen LogP contribution in [0.1, 0.15) is 13.8 Å². The molecular weight excluding hydrogens is 192 g/mol. The summed E-state index contributed by atoms with van der Waals surface area (Å²) in [5.74, 6) is 1.47. The van der Waals surface area contributed by atoms with Gasteiger partial charge in [0, 0.05) is 12.1 Å². The maximum atomic E-state index is 5.48. The summed E-state index contributed by atoms with van der Waals surface area (Å²) in [6, 6.07) is 3.74. The third kappa shape index (κ3) is 1.88. The van der Waals surface area contributed by atoms with Gasteiger partial charge in [0.2, 0.25) is 0 Å². The number of ether oxygens (including phenoxy) is 2. The average molecular weight is 205 g/mol. The molecule has 0 fully saturated rings. The first-order valence-corrected chi connectivity index (χ1v) is 5.00. The highest BCUT2D eigenvalue weighted by Crippen LogP contribution is 2.31. The molecule has 1 radical (unpaired) electrons. The zero-order chi connectivity index (χ0) is 10.7. The Labute approximate surface area is 88.2 Å². The normalized spacial score (nSPS) is 10.5. The number of imidazole rings is 1. The molecule has 2 aromatic rings. The molecule has 0 amide bonds. The predicted molar refractivity (Wildman–Crippen MR) is 57.3 cm³/mol. The van der Waals surface area contributed by atoms with Crippen LogP contribution in [0.2, 0.25) is 0 Å². The molecule has 4 nitrogen and oxygen atoms in total. The lowest BCUT2D eigenvalue weighted by molar-refractivity contribution is 0.288. The third-order valence-corrected chi connectivity index (χ3v) is 2.03. The molecule has 0 atom stereocenters. The molecule has 4 heteroatoms. The van der Waals surface area contributed by atoms with Crippen LogP contribution in [0.4, 0.5) is 0 Å². The highest BCUT2D eigenvalue weighted by Gasteiger charge is 2.08. The SMILES string of the molecule is CCOc1cc2n[c][nH]c2cc1OCC. The van der Waals surface area contributed by atoms with Crippen LogP contribution in [0.15, 0.2) is 12.1 Å². The number of nitrogens with zero attached hydrogens (tertiary/aromatic N) is 1. The second-order valence-corrected chi connectivity index (χ2v) is 3.03. The molecule has 15 heavy (non-hydrogen) atoms. The summed E-state index contributed by atoms with van der Waals surface area (Å²) in [5.41, 5.74) is 1.74. The first-order valence-electron chi connectivity index (χ1n) is 5.00. The van der Waals surface area contributed by atoms with Gasteiger partial charge in [0.25, 0.3) is 0 Å². The van der Waals surface area contributed by atoms with Gasteiger partial charge >= 0.3 is 0 Å². The van der Waals surface area contributed by atoms with E-state index in [9.17, 15) is 0 Å². The Morgan fingerprint density at radius 1 is 1.20 bits per heavy atom. The van der Waals surface area contributed by atoms with Gasteiger partial charge in [0.05, 0.1) is 24.2 Å². The van der Waals surface area contributed by atoms with Gasteiger partial charge in [-0.15, -0.1) is 0 Å². The molecule has 1 heterocycles. The first-order chi connectivity index (χ1) is 7.35. The Balaban J connectivity index is 2.47. The Kier molecular flexibility index (Phi) is 2.76. The summed E-state index contributed by atoms with van der Waals surface area (Å²) in [6.07, 6.45) is 2.69. The van der Waals surface area contributed by atoms with Crippen LogP contribution in [0.3, 0.4) is 0 Å². The fourth-order valence-electron chi connectivity index (χ4n) is 1.43. The molecule has 0 aliphatic carbocycles.